The highest BCUT2D eigenvalue weighted by atomic mass is 16.2. The van der Waals surface area contributed by atoms with Gasteiger partial charge in [-0.3, -0.25) is 4.79 Å². The summed E-state index contributed by atoms with van der Waals surface area (Å²) in [5.74, 6) is 0.0311. The maximum absolute atomic E-state index is 12.3. The highest BCUT2D eigenvalue weighted by Gasteiger charge is 2.53. The molecule has 4 nitrogen and oxygen atoms in total. The second kappa shape index (κ2) is 3.70. The lowest BCUT2D eigenvalue weighted by Gasteiger charge is -2.39. The fourth-order valence-electron chi connectivity index (χ4n) is 4.58. The monoisotopic (exact) mass is 279 g/mol. The lowest BCUT2D eigenvalue weighted by Crippen LogP contribution is -2.53. The fourth-order valence-corrected chi connectivity index (χ4v) is 4.58. The smallest absolute Gasteiger partial charge is 0.268 e. The van der Waals surface area contributed by atoms with Gasteiger partial charge < -0.3 is 15.5 Å². The number of benzene rings is 1. The van der Waals surface area contributed by atoms with Gasteiger partial charge in [0.1, 0.15) is 0 Å². The Morgan fingerprint density at radius 1 is 1.19 bits per heavy atom. The first kappa shape index (κ1) is 11.4. The van der Waals surface area contributed by atoms with E-state index in [0.29, 0.717) is 0 Å². The predicted octanol–water partition coefficient (Wildman–Crippen LogP) is 2.01. The molecular formula is C17H17N3O. The molecule has 1 saturated carbocycles. The number of fused-ring (bicyclic) bond motifs is 6. The highest BCUT2D eigenvalue weighted by molar-refractivity contribution is 5.97. The average Bonchev–Trinajstić information content (AvgIpc) is 3.21. The van der Waals surface area contributed by atoms with E-state index < -0.39 is 0 Å². The molecule has 106 valence electrons. The van der Waals surface area contributed by atoms with Gasteiger partial charge in [0.2, 0.25) is 0 Å². The number of amides is 1. The van der Waals surface area contributed by atoms with Gasteiger partial charge in [-0.1, -0.05) is 37.1 Å². The van der Waals surface area contributed by atoms with Crippen molar-refractivity contribution >= 4 is 11.6 Å². The van der Waals surface area contributed by atoms with Crippen LogP contribution in [0.25, 0.3) is 5.70 Å². The van der Waals surface area contributed by atoms with Gasteiger partial charge in [-0.25, -0.2) is 0 Å². The molecule has 1 spiro atoms. The summed E-state index contributed by atoms with van der Waals surface area (Å²) in [5, 5.41) is 6.31. The van der Waals surface area contributed by atoms with Crippen molar-refractivity contribution in [3.63, 3.8) is 0 Å². The van der Waals surface area contributed by atoms with E-state index in [4.69, 9.17) is 0 Å². The van der Waals surface area contributed by atoms with Crippen LogP contribution in [0, 0.1) is 0 Å². The van der Waals surface area contributed by atoms with Gasteiger partial charge in [-0.2, -0.15) is 0 Å². The molecule has 5 rings (SSSR count). The van der Waals surface area contributed by atoms with Crippen LogP contribution in [0.3, 0.4) is 0 Å². The summed E-state index contributed by atoms with van der Waals surface area (Å²) in [6, 6.07) is 8.57. The summed E-state index contributed by atoms with van der Waals surface area (Å²) in [6.45, 7) is 0. The standard InChI is InChI=1S/C17H17N3O/c21-16-15-18-9-10-20(15)14-13(19-16)11-5-1-2-6-12(11)17(14)7-3-4-8-17/h1-2,5-6,9-10,15,18H,3-4,7-8H2,(H,19,21). The Morgan fingerprint density at radius 3 is 2.86 bits per heavy atom. The third-order valence-electron chi connectivity index (χ3n) is 5.38. The minimum Gasteiger partial charge on any atom is -0.362 e. The molecule has 0 radical (unpaired) electrons. The summed E-state index contributed by atoms with van der Waals surface area (Å²) in [7, 11) is 0. The second-order valence-corrected chi connectivity index (χ2v) is 6.34. The van der Waals surface area contributed by atoms with Gasteiger partial charge >= 0.3 is 0 Å². The molecule has 1 aromatic rings. The van der Waals surface area contributed by atoms with Crippen molar-refractivity contribution < 1.29 is 4.79 Å². The molecule has 0 bridgehead atoms. The molecule has 1 unspecified atom stereocenters. The Hall–Kier alpha value is -2.23. The molecule has 2 aliphatic carbocycles. The summed E-state index contributed by atoms with van der Waals surface area (Å²) in [6.07, 6.45) is 8.49. The van der Waals surface area contributed by atoms with E-state index in [2.05, 4.69) is 39.8 Å². The maximum atomic E-state index is 12.3. The number of rotatable bonds is 0. The fraction of sp³-hybridized carbons (Fsp3) is 0.353. The zero-order chi connectivity index (χ0) is 14.0. The van der Waals surface area contributed by atoms with E-state index in [0.717, 1.165) is 5.70 Å². The van der Waals surface area contributed by atoms with Crippen LogP contribution in [0.2, 0.25) is 0 Å². The minimum atomic E-state index is -0.282. The van der Waals surface area contributed by atoms with Crippen LogP contribution in [0.1, 0.15) is 36.8 Å². The number of hydrogen-bond donors (Lipinski definition) is 2. The lowest BCUT2D eigenvalue weighted by atomic mass is 9.78. The maximum Gasteiger partial charge on any atom is 0.268 e. The number of nitrogens with zero attached hydrogens (tertiary/aromatic N) is 1. The van der Waals surface area contributed by atoms with Crippen LogP contribution in [-0.2, 0) is 10.2 Å². The van der Waals surface area contributed by atoms with Crippen LogP contribution < -0.4 is 10.6 Å². The number of carbonyl (C=O) groups excluding carboxylic acids is 1. The number of carbonyl (C=O) groups is 1. The van der Waals surface area contributed by atoms with Gasteiger partial charge in [0.25, 0.3) is 5.91 Å². The number of allylic oxidation sites excluding steroid dienone is 1. The highest BCUT2D eigenvalue weighted by Crippen LogP contribution is 2.56. The quantitative estimate of drug-likeness (QED) is 0.763. The average molecular weight is 279 g/mol. The Balaban J connectivity index is 1.80. The van der Waals surface area contributed by atoms with Crippen molar-refractivity contribution in [2.24, 2.45) is 0 Å². The van der Waals surface area contributed by atoms with Crippen molar-refractivity contribution in [2.75, 3.05) is 0 Å². The summed E-state index contributed by atoms with van der Waals surface area (Å²) in [4.78, 5) is 14.5. The van der Waals surface area contributed by atoms with Gasteiger partial charge in [-0.15, -0.1) is 0 Å². The first-order chi connectivity index (χ1) is 10.3. The predicted molar refractivity (Wildman–Crippen MR) is 79.6 cm³/mol. The van der Waals surface area contributed by atoms with E-state index >= 15 is 0 Å². The van der Waals surface area contributed by atoms with E-state index in [1.54, 1.807) is 0 Å². The van der Waals surface area contributed by atoms with Gasteiger partial charge in [0.15, 0.2) is 6.17 Å². The van der Waals surface area contributed by atoms with Crippen LogP contribution in [0.4, 0.5) is 0 Å². The largest absolute Gasteiger partial charge is 0.362 e. The van der Waals surface area contributed by atoms with E-state index in [1.165, 1.54) is 42.5 Å². The van der Waals surface area contributed by atoms with E-state index in [9.17, 15) is 4.79 Å². The van der Waals surface area contributed by atoms with Crippen molar-refractivity contribution in [3.05, 3.63) is 53.5 Å². The molecular weight excluding hydrogens is 262 g/mol. The Kier molecular flexibility index (Phi) is 2.01. The van der Waals surface area contributed by atoms with Gasteiger partial charge in [-0.05, 0) is 18.4 Å². The van der Waals surface area contributed by atoms with Crippen molar-refractivity contribution in [3.8, 4) is 0 Å². The first-order valence-electron chi connectivity index (χ1n) is 7.68. The van der Waals surface area contributed by atoms with Gasteiger partial charge in [0.05, 0.1) is 11.4 Å². The minimum absolute atomic E-state index is 0.0311. The second-order valence-electron chi connectivity index (χ2n) is 6.34. The van der Waals surface area contributed by atoms with E-state index in [1.807, 2.05) is 12.4 Å². The summed E-state index contributed by atoms with van der Waals surface area (Å²) in [5.41, 5.74) is 5.03. The van der Waals surface area contributed by atoms with Crippen molar-refractivity contribution in [1.29, 1.82) is 0 Å². The molecule has 4 aliphatic rings. The number of hydrogen-bond acceptors (Lipinski definition) is 3. The Labute approximate surface area is 123 Å². The summed E-state index contributed by atoms with van der Waals surface area (Å²) >= 11 is 0. The molecule has 1 fully saturated rings. The SMILES string of the molecule is O=C1NC2=C(N3C=CNC13)C1(CCCC1)c1ccccc12. The van der Waals surface area contributed by atoms with E-state index in [-0.39, 0.29) is 17.5 Å². The molecule has 4 heteroatoms. The van der Waals surface area contributed by atoms with Crippen molar-refractivity contribution in [1.82, 2.24) is 15.5 Å². The Morgan fingerprint density at radius 2 is 2.00 bits per heavy atom. The number of nitrogens with one attached hydrogen (secondary N) is 2. The molecule has 1 aromatic carbocycles. The first-order valence-corrected chi connectivity index (χ1v) is 7.68. The normalized spacial score (nSPS) is 27.5. The molecule has 1 atom stereocenters. The lowest BCUT2D eigenvalue weighted by molar-refractivity contribution is -0.124. The van der Waals surface area contributed by atoms with Gasteiger partial charge in [0, 0.05) is 23.4 Å². The zero-order valence-corrected chi connectivity index (χ0v) is 11.7. The molecule has 1 amide bonds. The third kappa shape index (κ3) is 1.24. The van der Waals surface area contributed by atoms with Crippen molar-refractivity contribution in [2.45, 2.75) is 37.3 Å². The van der Waals surface area contributed by atoms with Crippen LogP contribution in [0.15, 0.2) is 42.4 Å². The van der Waals surface area contributed by atoms with Crippen LogP contribution >= 0.6 is 0 Å². The van der Waals surface area contributed by atoms with Crippen LogP contribution in [-0.4, -0.2) is 17.0 Å². The molecule has 2 N–H and O–H groups in total. The molecule has 2 heterocycles. The third-order valence-corrected chi connectivity index (χ3v) is 5.38. The molecule has 2 aliphatic heterocycles. The zero-order valence-electron chi connectivity index (χ0n) is 11.7. The molecule has 0 saturated heterocycles. The Bertz CT molecular complexity index is 713. The topological polar surface area (TPSA) is 44.4 Å². The molecule has 0 aromatic heterocycles. The summed E-state index contributed by atoms with van der Waals surface area (Å²) < 4.78 is 0. The van der Waals surface area contributed by atoms with Crippen LogP contribution in [0.5, 0.6) is 0 Å². The molecule has 21 heavy (non-hydrogen) atoms.